The van der Waals surface area contributed by atoms with Crippen molar-refractivity contribution in [3.05, 3.63) is 11.1 Å². The highest BCUT2D eigenvalue weighted by Gasteiger charge is 2.35. The molecule has 1 nitrogen and oxygen atoms in total. The van der Waals surface area contributed by atoms with Crippen molar-refractivity contribution in [2.75, 3.05) is 0 Å². The van der Waals surface area contributed by atoms with Crippen molar-refractivity contribution < 1.29 is 5.11 Å². The lowest BCUT2D eigenvalue weighted by atomic mass is 9.68. The molecular formula is C12H20O. The van der Waals surface area contributed by atoms with Crippen molar-refractivity contribution in [1.82, 2.24) is 0 Å². The van der Waals surface area contributed by atoms with Crippen LogP contribution in [0.15, 0.2) is 11.1 Å². The number of rotatable bonds is 0. The Hall–Kier alpha value is -0.300. The maximum atomic E-state index is 10.1. The predicted molar refractivity (Wildman–Crippen MR) is 54.4 cm³/mol. The fourth-order valence-corrected chi connectivity index (χ4v) is 3.03. The SMILES string of the molecule is CC1=C(C)C(O)C2CCCCC2C1. The molecule has 0 aliphatic heterocycles. The van der Waals surface area contributed by atoms with Gasteiger partial charge >= 0.3 is 0 Å². The van der Waals surface area contributed by atoms with Gasteiger partial charge in [0.2, 0.25) is 0 Å². The zero-order chi connectivity index (χ0) is 9.42. The molecule has 2 aliphatic rings. The van der Waals surface area contributed by atoms with E-state index >= 15 is 0 Å². The van der Waals surface area contributed by atoms with Crippen LogP contribution in [0, 0.1) is 11.8 Å². The average Bonchev–Trinajstić information content (AvgIpc) is 2.15. The molecule has 0 aromatic carbocycles. The first-order valence-corrected chi connectivity index (χ1v) is 5.54. The normalized spacial score (nSPS) is 40.4. The predicted octanol–water partition coefficient (Wildman–Crippen LogP) is 2.89. The Morgan fingerprint density at radius 3 is 2.62 bits per heavy atom. The van der Waals surface area contributed by atoms with E-state index in [-0.39, 0.29) is 6.10 Å². The van der Waals surface area contributed by atoms with Gasteiger partial charge in [0.05, 0.1) is 6.10 Å². The minimum absolute atomic E-state index is 0.126. The summed E-state index contributed by atoms with van der Waals surface area (Å²) in [5, 5.41) is 10.1. The van der Waals surface area contributed by atoms with Crippen LogP contribution < -0.4 is 0 Å². The lowest BCUT2D eigenvalue weighted by molar-refractivity contribution is 0.0613. The summed E-state index contributed by atoms with van der Waals surface area (Å²) in [5.74, 6) is 1.37. The molecule has 0 saturated heterocycles. The van der Waals surface area contributed by atoms with Crippen LogP contribution in [0.5, 0.6) is 0 Å². The topological polar surface area (TPSA) is 20.2 Å². The third-order valence-corrected chi connectivity index (χ3v) is 4.06. The van der Waals surface area contributed by atoms with Crippen molar-refractivity contribution in [3.8, 4) is 0 Å². The molecule has 0 aromatic heterocycles. The first kappa shape index (κ1) is 9.26. The molecule has 1 saturated carbocycles. The van der Waals surface area contributed by atoms with E-state index in [1.807, 2.05) is 0 Å². The minimum Gasteiger partial charge on any atom is -0.388 e. The number of hydrogen-bond donors (Lipinski definition) is 1. The molecule has 1 fully saturated rings. The van der Waals surface area contributed by atoms with E-state index in [9.17, 15) is 5.11 Å². The van der Waals surface area contributed by atoms with Crippen LogP contribution in [-0.2, 0) is 0 Å². The summed E-state index contributed by atoms with van der Waals surface area (Å²) < 4.78 is 0. The molecule has 2 rings (SSSR count). The van der Waals surface area contributed by atoms with Gasteiger partial charge < -0.3 is 5.11 Å². The second-order valence-electron chi connectivity index (χ2n) is 4.82. The van der Waals surface area contributed by atoms with Gasteiger partial charge in [0, 0.05) is 0 Å². The second-order valence-corrected chi connectivity index (χ2v) is 4.82. The fourth-order valence-electron chi connectivity index (χ4n) is 3.03. The standard InChI is InChI=1S/C12H20O/c1-8-7-10-5-3-4-6-11(10)12(13)9(8)2/h10-13H,3-7H2,1-2H3. The van der Waals surface area contributed by atoms with Gasteiger partial charge in [0.1, 0.15) is 0 Å². The van der Waals surface area contributed by atoms with Gasteiger partial charge in [-0.25, -0.2) is 0 Å². The summed E-state index contributed by atoms with van der Waals surface area (Å²) in [6.45, 7) is 4.29. The molecule has 13 heavy (non-hydrogen) atoms. The Labute approximate surface area is 80.8 Å². The van der Waals surface area contributed by atoms with E-state index in [0.717, 1.165) is 5.92 Å². The molecule has 1 heteroatoms. The van der Waals surface area contributed by atoms with Crippen molar-refractivity contribution in [1.29, 1.82) is 0 Å². The zero-order valence-electron chi connectivity index (χ0n) is 8.71. The van der Waals surface area contributed by atoms with E-state index in [1.165, 1.54) is 43.3 Å². The molecule has 0 radical (unpaired) electrons. The monoisotopic (exact) mass is 180 g/mol. The van der Waals surface area contributed by atoms with Crippen molar-refractivity contribution >= 4 is 0 Å². The van der Waals surface area contributed by atoms with Crippen molar-refractivity contribution in [2.45, 2.75) is 52.1 Å². The van der Waals surface area contributed by atoms with Gasteiger partial charge in [0.25, 0.3) is 0 Å². The number of allylic oxidation sites excluding steroid dienone is 1. The Kier molecular flexibility index (Phi) is 2.46. The van der Waals surface area contributed by atoms with E-state index in [2.05, 4.69) is 13.8 Å². The Morgan fingerprint density at radius 1 is 1.15 bits per heavy atom. The van der Waals surface area contributed by atoms with Crippen molar-refractivity contribution in [3.63, 3.8) is 0 Å². The number of fused-ring (bicyclic) bond motifs is 1. The molecule has 3 unspecified atom stereocenters. The third-order valence-electron chi connectivity index (χ3n) is 4.06. The highest BCUT2D eigenvalue weighted by molar-refractivity contribution is 5.20. The molecule has 0 bridgehead atoms. The first-order valence-electron chi connectivity index (χ1n) is 5.54. The Morgan fingerprint density at radius 2 is 1.85 bits per heavy atom. The van der Waals surface area contributed by atoms with Gasteiger partial charge in [-0.3, -0.25) is 0 Å². The van der Waals surface area contributed by atoms with E-state index in [1.54, 1.807) is 0 Å². The highest BCUT2D eigenvalue weighted by Crippen LogP contribution is 2.42. The van der Waals surface area contributed by atoms with Crippen LogP contribution >= 0.6 is 0 Å². The number of aliphatic hydroxyl groups is 1. The summed E-state index contributed by atoms with van der Waals surface area (Å²) in [5.41, 5.74) is 2.69. The first-order chi connectivity index (χ1) is 6.20. The molecule has 0 aromatic rings. The smallest absolute Gasteiger partial charge is 0.0780 e. The van der Waals surface area contributed by atoms with E-state index in [4.69, 9.17) is 0 Å². The lowest BCUT2D eigenvalue weighted by Crippen LogP contribution is -2.35. The van der Waals surface area contributed by atoms with E-state index in [0.29, 0.717) is 5.92 Å². The Bertz CT molecular complexity index is 229. The average molecular weight is 180 g/mol. The summed E-state index contributed by atoms with van der Waals surface area (Å²) >= 11 is 0. The zero-order valence-corrected chi connectivity index (χ0v) is 8.71. The molecule has 2 aliphatic carbocycles. The summed E-state index contributed by atoms with van der Waals surface area (Å²) in [6.07, 6.45) is 6.40. The van der Waals surface area contributed by atoms with Gasteiger partial charge in [0.15, 0.2) is 0 Å². The number of hydrogen-bond acceptors (Lipinski definition) is 1. The maximum absolute atomic E-state index is 10.1. The lowest BCUT2D eigenvalue weighted by Gasteiger charge is -2.40. The Balaban J connectivity index is 2.20. The van der Waals surface area contributed by atoms with Gasteiger partial charge in [-0.1, -0.05) is 18.4 Å². The largest absolute Gasteiger partial charge is 0.388 e. The van der Waals surface area contributed by atoms with Gasteiger partial charge in [-0.15, -0.1) is 0 Å². The second kappa shape index (κ2) is 3.45. The highest BCUT2D eigenvalue weighted by atomic mass is 16.3. The van der Waals surface area contributed by atoms with Crippen molar-refractivity contribution in [2.24, 2.45) is 11.8 Å². The van der Waals surface area contributed by atoms with Crippen LogP contribution in [-0.4, -0.2) is 11.2 Å². The summed E-state index contributed by atoms with van der Waals surface area (Å²) in [7, 11) is 0. The van der Waals surface area contributed by atoms with Crippen LogP contribution in [0.4, 0.5) is 0 Å². The molecule has 1 N–H and O–H groups in total. The van der Waals surface area contributed by atoms with Gasteiger partial charge in [-0.05, 0) is 50.5 Å². The summed E-state index contributed by atoms with van der Waals surface area (Å²) in [4.78, 5) is 0. The van der Waals surface area contributed by atoms with Crippen LogP contribution in [0.3, 0.4) is 0 Å². The minimum atomic E-state index is -0.126. The quantitative estimate of drug-likeness (QED) is 0.568. The molecular weight excluding hydrogens is 160 g/mol. The van der Waals surface area contributed by atoms with Crippen LogP contribution in [0.25, 0.3) is 0 Å². The fraction of sp³-hybridized carbons (Fsp3) is 0.833. The summed E-state index contributed by atoms with van der Waals surface area (Å²) in [6, 6.07) is 0. The molecule has 74 valence electrons. The van der Waals surface area contributed by atoms with Crippen LogP contribution in [0.1, 0.15) is 46.0 Å². The third kappa shape index (κ3) is 1.54. The van der Waals surface area contributed by atoms with Crippen LogP contribution in [0.2, 0.25) is 0 Å². The molecule has 3 atom stereocenters. The number of aliphatic hydroxyl groups excluding tert-OH is 1. The molecule has 0 heterocycles. The van der Waals surface area contributed by atoms with E-state index < -0.39 is 0 Å². The van der Waals surface area contributed by atoms with Gasteiger partial charge in [-0.2, -0.15) is 0 Å². The molecule has 0 spiro atoms. The molecule has 0 amide bonds. The maximum Gasteiger partial charge on any atom is 0.0780 e.